The highest BCUT2D eigenvalue weighted by molar-refractivity contribution is 6.31. The van der Waals surface area contributed by atoms with Gasteiger partial charge in [0, 0.05) is 47.0 Å². The van der Waals surface area contributed by atoms with Gasteiger partial charge in [0.15, 0.2) is 0 Å². The van der Waals surface area contributed by atoms with E-state index < -0.39 is 6.04 Å². The second-order valence-electron chi connectivity index (χ2n) is 8.34. The van der Waals surface area contributed by atoms with Gasteiger partial charge in [-0.05, 0) is 61.2 Å². The maximum atomic E-state index is 6.73. The summed E-state index contributed by atoms with van der Waals surface area (Å²) in [5.74, 6) is 1.12. The van der Waals surface area contributed by atoms with Crippen LogP contribution in [0.2, 0.25) is 5.02 Å². The van der Waals surface area contributed by atoms with Gasteiger partial charge in [-0.3, -0.25) is 0 Å². The number of piperidine rings is 1. The molecule has 8 heteroatoms. The van der Waals surface area contributed by atoms with E-state index in [2.05, 4.69) is 32.5 Å². The summed E-state index contributed by atoms with van der Waals surface area (Å²) in [7, 11) is 0. The Labute approximate surface area is 199 Å². The van der Waals surface area contributed by atoms with Crippen molar-refractivity contribution in [3.05, 3.63) is 82.6 Å². The van der Waals surface area contributed by atoms with Gasteiger partial charge in [-0.25, -0.2) is 9.97 Å². The third kappa shape index (κ3) is 5.27. The van der Waals surface area contributed by atoms with Crippen molar-refractivity contribution in [1.29, 1.82) is 0 Å². The van der Waals surface area contributed by atoms with Crippen LogP contribution in [0.25, 0.3) is 5.70 Å². The molecule has 0 spiro atoms. The van der Waals surface area contributed by atoms with Gasteiger partial charge in [0.2, 0.25) is 0 Å². The van der Waals surface area contributed by atoms with Gasteiger partial charge in [0.05, 0.1) is 6.04 Å². The number of hydrogen-bond acceptors (Lipinski definition) is 7. The number of pyridine rings is 2. The number of aryl methyl sites for hydroxylation is 1. The van der Waals surface area contributed by atoms with E-state index in [0.29, 0.717) is 28.4 Å². The molecule has 0 bridgehead atoms. The summed E-state index contributed by atoms with van der Waals surface area (Å²) in [6.07, 6.45) is 5.72. The molecule has 3 aromatic rings. The van der Waals surface area contributed by atoms with E-state index in [1.165, 1.54) is 0 Å². The molecular weight excluding hydrogens is 434 g/mol. The van der Waals surface area contributed by atoms with Crippen LogP contribution in [0.4, 0.5) is 17.3 Å². The van der Waals surface area contributed by atoms with Gasteiger partial charge in [-0.15, -0.1) is 0 Å². The smallest absolute Gasteiger partial charge is 0.130 e. The molecule has 7 nitrogen and oxygen atoms in total. The highest BCUT2D eigenvalue weighted by Gasteiger charge is 2.24. The molecule has 7 N–H and O–H groups in total. The number of nitrogens with one attached hydrogen (secondary N) is 3. The molecule has 1 fully saturated rings. The molecule has 1 saturated heterocycles. The Balaban J connectivity index is 1.60. The van der Waals surface area contributed by atoms with Gasteiger partial charge >= 0.3 is 0 Å². The predicted molar refractivity (Wildman–Crippen MR) is 137 cm³/mol. The van der Waals surface area contributed by atoms with Crippen molar-refractivity contribution < 1.29 is 0 Å². The minimum atomic E-state index is -0.532. The third-order valence-electron chi connectivity index (χ3n) is 5.92. The number of nitrogen functional groups attached to an aromatic ring is 1. The van der Waals surface area contributed by atoms with Crippen molar-refractivity contribution in [1.82, 2.24) is 15.3 Å². The normalized spacial score (nSPS) is 16.8. The number of nitrogens with two attached hydrogens (primary N) is 2. The first-order valence-corrected chi connectivity index (χ1v) is 11.5. The summed E-state index contributed by atoms with van der Waals surface area (Å²) in [6, 6.07) is 11.1. The lowest BCUT2D eigenvalue weighted by Crippen LogP contribution is -2.39. The molecular formula is C25H30ClN7. The topological polar surface area (TPSA) is 114 Å². The van der Waals surface area contributed by atoms with Crippen LogP contribution in [-0.4, -0.2) is 29.1 Å². The summed E-state index contributed by atoms with van der Waals surface area (Å²) in [6.45, 7) is 8.07. The third-order valence-corrected chi connectivity index (χ3v) is 6.25. The minimum Gasteiger partial charge on any atom is -0.383 e. The number of hydrogen-bond donors (Lipinski definition) is 5. The Morgan fingerprint density at radius 2 is 2.12 bits per heavy atom. The number of nitrogens with zero attached hydrogens (tertiary/aromatic N) is 2. The lowest BCUT2D eigenvalue weighted by Gasteiger charge is -2.29. The van der Waals surface area contributed by atoms with Crippen molar-refractivity contribution in [3.8, 4) is 0 Å². The number of halogens is 1. The fourth-order valence-corrected chi connectivity index (χ4v) is 4.41. The number of rotatable bonds is 7. The summed E-state index contributed by atoms with van der Waals surface area (Å²) in [4.78, 5) is 8.64. The average Bonchev–Trinajstić information content (AvgIpc) is 2.82. The quantitative estimate of drug-likeness (QED) is 0.354. The van der Waals surface area contributed by atoms with E-state index in [1.807, 2.05) is 43.3 Å². The molecule has 2 aromatic heterocycles. The van der Waals surface area contributed by atoms with Gasteiger partial charge in [-0.2, -0.15) is 0 Å². The van der Waals surface area contributed by atoms with E-state index in [9.17, 15) is 0 Å². The van der Waals surface area contributed by atoms with E-state index in [1.54, 1.807) is 12.4 Å². The van der Waals surface area contributed by atoms with E-state index in [-0.39, 0.29) is 0 Å². The number of aromatic nitrogens is 2. The molecule has 0 saturated carbocycles. The van der Waals surface area contributed by atoms with Crippen LogP contribution in [-0.2, 0) is 0 Å². The maximum absolute atomic E-state index is 6.73. The minimum absolute atomic E-state index is 0.309. The first kappa shape index (κ1) is 23.0. The van der Waals surface area contributed by atoms with Crippen molar-refractivity contribution >= 4 is 34.6 Å². The number of anilines is 3. The lowest BCUT2D eigenvalue weighted by atomic mass is 9.94. The molecule has 0 amide bonds. The van der Waals surface area contributed by atoms with Crippen molar-refractivity contribution in [2.45, 2.75) is 31.8 Å². The van der Waals surface area contributed by atoms with Crippen LogP contribution in [0, 0.1) is 6.92 Å². The largest absolute Gasteiger partial charge is 0.383 e. The summed E-state index contributed by atoms with van der Waals surface area (Å²) >= 11 is 6.70. The van der Waals surface area contributed by atoms with E-state index >= 15 is 0 Å². The van der Waals surface area contributed by atoms with E-state index in [0.717, 1.165) is 53.9 Å². The molecule has 2 unspecified atom stereocenters. The Hall–Kier alpha value is -3.13. The molecule has 1 aliphatic heterocycles. The molecule has 4 rings (SSSR count). The van der Waals surface area contributed by atoms with Gasteiger partial charge in [0.1, 0.15) is 11.6 Å². The van der Waals surface area contributed by atoms with E-state index in [4.69, 9.17) is 23.1 Å². The molecule has 1 aliphatic rings. The fraction of sp³-hybridized carbons (Fsp3) is 0.280. The summed E-state index contributed by atoms with van der Waals surface area (Å²) < 4.78 is 0. The van der Waals surface area contributed by atoms with Crippen LogP contribution in [0.1, 0.15) is 41.1 Å². The Kier molecular flexibility index (Phi) is 7.13. The average molecular weight is 464 g/mol. The molecule has 0 aliphatic carbocycles. The lowest BCUT2D eigenvalue weighted by molar-refractivity contribution is 0.479. The molecule has 33 heavy (non-hydrogen) atoms. The maximum Gasteiger partial charge on any atom is 0.130 e. The zero-order valence-corrected chi connectivity index (χ0v) is 19.5. The van der Waals surface area contributed by atoms with Crippen LogP contribution in [0.3, 0.4) is 0 Å². The second-order valence-corrected chi connectivity index (χ2v) is 8.74. The second kappa shape index (κ2) is 10.2. The zero-order valence-electron chi connectivity index (χ0n) is 18.7. The Bertz CT molecular complexity index is 1130. The van der Waals surface area contributed by atoms with Crippen molar-refractivity contribution in [2.75, 3.05) is 29.5 Å². The first-order valence-electron chi connectivity index (χ1n) is 11.1. The molecule has 2 atom stereocenters. The number of benzene rings is 1. The van der Waals surface area contributed by atoms with Crippen LogP contribution in [0.15, 0.2) is 55.4 Å². The monoisotopic (exact) mass is 463 g/mol. The molecule has 172 valence electrons. The molecule has 1 aromatic carbocycles. The molecule has 0 radical (unpaired) electrons. The Morgan fingerprint density at radius 3 is 2.82 bits per heavy atom. The summed E-state index contributed by atoms with van der Waals surface area (Å²) in [5, 5.41) is 10.8. The predicted octanol–water partition coefficient (Wildman–Crippen LogP) is 4.32. The SMILES string of the molecule is C=C(Nc1ccccn1)c1ccc(C(N)c2c(N)ncc(C)c2NC2CCCNC2)c(Cl)c1. The highest BCUT2D eigenvalue weighted by Crippen LogP contribution is 2.37. The fourth-order valence-electron chi connectivity index (χ4n) is 4.11. The zero-order chi connectivity index (χ0) is 23.4. The van der Waals surface area contributed by atoms with Crippen molar-refractivity contribution in [3.63, 3.8) is 0 Å². The first-order chi connectivity index (χ1) is 15.9. The van der Waals surface area contributed by atoms with Crippen molar-refractivity contribution in [2.24, 2.45) is 5.73 Å². The molecule has 3 heterocycles. The standard InChI is InChI=1S/C25H30ClN7/c1-15-13-31-25(28)22(24(15)33-18-6-5-10-29-14-18)23(27)19-9-8-17(12-20(19)26)16(2)32-21-7-3-4-11-30-21/h3-4,7-9,11-13,18,23,29H,2,5-6,10,14,27H2,1H3,(H,30,32)(H3,28,31,33). The van der Waals surface area contributed by atoms with Gasteiger partial charge < -0.3 is 27.4 Å². The summed E-state index contributed by atoms with van der Waals surface area (Å²) in [5.41, 5.74) is 18.1. The Morgan fingerprint density at radius 1 is 1.27 bits per heavy atom. The van der Waals surface area contributed by atoms with Crippen LogP contribution >= 0.6 is 11.6 Å². The highest BCUT2D eigenvalue weighted by atomic mass is 35.5. The van der Waals surface area contributed by atoms with Gasteiger partial charge in [0.25, 0.3) is 0 Å². The van der Waals surface area contributed by atoms with Gasteiger partial charge in [-0.1, -0.05) is 36.4 Å². The van der Waals surface area contributed by atoms with Crippen LogP contribution in [0.5, 0.6) is 0 Å². The van der Waals surface area contributed by atoms with Crippen LogP contribution < -0.4 is 27.4 Å².